The van der Waals surface area contributed by atoms with Gasteiger partial charge in [-0.1, -0.05) is 29.8 Å². The first kappa shape index (κ1) is 17.6. The number of halogens is 1. The zero-order valence-electron chi connectivity index (χ0n) is 13.8. The molecule has 8 heteroatoms. The Labute approximate surface area is 154 Å². The zero-order chi connectivity index (χ0) is 18.5. The highest BCUT2D eigenvalue weighted by Crippen LogP contribution is 2.26. The van der Waals surface area contributed by atoms with Crippen LogP contribution in [0, 0.1) is 0 Å². The Hall–Kier alpha value is -3.19. The van der Waals surface area contributed by atoms with Crippen LogP contribution in [0.3, 0.4) is 0 Å². The number of rotatable bonds is 5. The molecule has 0 spiro atoms. The van der Waals surface area contributed by atoms with Crippen molar-refractivity contribution in [3.63, 3.8) is 0 Å². The third-order valence-electron chi connectivity index (χ3n) is 3.57. The lowest BCUT2D eigenvalue weighted by atomic mass is 10.2. The standard InChI is InChI=1S/C18H16ClN3O4/c1-25-18(24)20-15-5-3-2-4-12(15)11-26-17-8-9-22(21-17)13-6-7-14(19)16(23)10-13/h2-10,23H,11H2,1H3,(H,20,24). The number of hydrogen-bond acceptors (Lipinski definition) is 5. The molecule has 0 aliphatic carbocycles. The first-order valence-electron chi connectivity index (χ1n) is 7.67. The van der Waals surface area contributed by atoms with Crippen LogP contribution in [-0.2, 0) is 11.3 Å². The first-order chi connectivity index (χ1) is 12.6. The predicted octanol–water partition coefficient (Wildman–Crippen LogP) is 3.99. The topological polar surface area (TPSA) is 85.6 Å². The van der Waals surface area contributed by atoms with E-state index >= 15 is 0 Å². The molecule has 0 aliphatic rings. The van der Waals surface area contributed by atoms with Gasteiger partial charge in [-0.3, -0.25) is 5.32 Å². The third-order valence-corrected chi connectivity index (χ3v) is 3.89. The van der Waals surface area contributed by atoms with Crippen molar-refractivity contribution in [3.8, 4) is 17.3 Å². The van der Waals surface area contributed by atoms with E-state index in [1.807, 2.05) is 12.1 Å². The lowest BCUT2D eigenvalue weighted by molar-refractivity contribution is 0.187. The van der Waals surface area contributed by atoms with Gasteiger partial charge >= 0.3 is 6.09 Å². The lowest BCUT2D eigenvalue weighted by Gasteiger charge is -2.10. The minimum absolute atomic E-state index is 0.0232. The lowest BCUT2D eigenvalue weighted by Crippen LogP contribution is -2.13. The van der Waals surface area contributed by atoms with Crippen LogP contribution in [0.5, 0.6) is 11.6 Å². The average molecular weight is 374 g/mol. The van der Waals surface area contributed by atoms with Gasteiger partial charge in [-0.2, -0.15) is 0 Å². The SMILES string of the molecule is COC(=O)Nc1ccccc1COc1ccn(-c2ccc(Cl)c(O)c2)n1. The van der Waals surface area contributed by atoms with E-state index < -0.39 is 6.09 Å². The van der Waals surface area contributed by atoms with Crippen LogP contribution in [-0.4, -0.2) is 28.1 Å². The summed E-state index contributed by atoms with van der Waals surface area (Å²) >= 11 is 5.81. The molecule has 0 atom stereocenters. The summed E-state index contributed by atoms with van der Waals surface area (Å²) in [6.45, 7) is 0.211. The van der Waals surface area contributed by atoms with Crippen molar-refractivity contribution in [2.45, 2.75) is 6.61 Å². The minimum atomic E-state index is -0.552. The number of nitrogens with one attached hydrogen (secondary N) is 1. The Morgan fingerprint density at radius 1 is 1.27 bits per heavy atom. The highest BCUT2D eigenvalue weighted by atomic mass is 35.5. The number of carbonyl (C=O) groups is 1. The molecule has 0 radical (unpaired) electrons. The summed E-state index contributed by atoms with van der Waals surface area (Å²) in [5, 5.41) is 16.9. The Bertz CT molecular complexity index is 926. The molecule has 0 unspecified atom stereocenters. The van der Waals surface area contributed by atoms with Gasteiger partial charge in [-0.15, -0.1) is 5.10 Å². The normalized spacial score (nSPS) is 10.4. The van der Waals surface area contributed by atoms with E-state index in [4.69, 9.17) is 16.3 Å². The molecule has 2 N–H and O–H groups in total. The van der Waals surface area contributed by atoms with Gasteiger partial charge in [0.2, 0.25) is 5.88 Å². The Kier molecular flexibility index (Phi) is 5.28. The fraction of sp³-hybridized carbons (Fsp3) is 0.111. The van der Waals surface area contributed by atoms with Crippen LogP contribution in [0.25, 0.3) is 5.69 Å². The fourth-order valence-corrected chi connectivity index (χ4v) is 2.37. The van der Waals surface area contributed by atoms with Crippen LogP contribution < -0.4 is 10.1 Å². The molecule has 26 heavy (non-hydrogen) atoms. The van der Waals surface area contributed by atoms with Gasteiger partial charge in [-0.05, 0) is 18.2 Å². The molecular formula is C18H16ClN3O4. The summed E-state index contributed by atoms with van der Waals surface area (Å²) in [5.74, 6) is 0.372. The summed E-state index contributed by atoms with van der Waals surface area (Å²) in [4.78, 5) is 11.4. The van der Waals surface area contributed by atoms with Gasteiger partial charge in [0.15, 0.2) is 0 Å². The molecule has 7 nitrogen and oxygen atoms in total. The van der Waals surface area contributed by atoms with Crippen molar-refractivity contribution < 1.29 is 19.4 Å². The highest BCUT2D eigenvalue weighted by molar-refractivity contribution is 6.32. The molecular weight excluding hydrogens is 358 g/mol. The van der Waals surface area contributed by atoms with E-state index in [0.29, 0.717) is 17.3 Å². The molecule has 1 aromatic heterocycles. The maximum atomic E-state index is 11.4. The van der Waals surface area contributed by atoms with Crippen molar-refractivity contribution in [1.29, 1.82) is 0 Å². The molecule has 2 aromatic carbocycles. The van der Waals surface area contributed by atoms with E-state index in [9.17, 15) is 9.90 Å². The fourth-order valence-electron chi connectivity index (χ4n) is 2.25. The second-order valence-electron chi connectivity index (χ2n) is 5.30. The second kappa shape index (κ2) is 7.79. The quantitative estimate of drug-likeness (QED) is 0.706. The summed E-state index contributed by atoms with van der Waals surface area (Å²) in [5.41, 5.74) is 2.02. The van der Waals surface area contributed by atoms with Gasteiger partial charge in [0.05, 0.1) is 23.5 Å². The second-order valence-corrected chi connectivity index (χ2v) is 5.70. The van der Waals surface area contributed by atoms with Crippen LogP contribution in [0.1, 0.15) is 5.56 Å². The molecule has 134 valence electrons. The molecule has 0 saturated carbocycles. The Balaban J connectivity index is 1.71. The first-order valence-corrected chi connectivity index (χ1v) is 8.05. The van der Waals surface area contributed by atoms with Gasteiger partial charge in [0, 0.05) is 23.9 Å². The van der Waals surface area contributed by atoms with E-state index in [1.54, 1.807) is 41.2 Å². The van der Waals surface area contributed by atoms with Gasteiger partial charge < -0.3 is 14.6 Å². The maximum Gasteiger partial charge on any atom is 0.411 e. The van der Waals surface area contributed by atoms with E-state index in [-0.39, 0.29) is 17.4 Å². The molecule has 0 aliphatic heterocycles. The number of hydrogen-bond donors (Lipinski definition) is 2. The molecule has 1 heterocycles. The number of para-hydroxylation sites is 1. The van der Waals surface area contributed by atoms with Gasteiger partial charge in [-0.25, -0.2) is 9.48 Å². The number of carbonyl (C=O) groups excluding carboxylic acids is 1. The van der Waals surface area contributed by atoms with Crippen molar-refractivity contribution in [2.75, 3.05) is 12.4 Å². The number of amides is 1. The largest absolute Gasteiger partial charge is 0.506 e. The highest BCUT2D eigenvalue weighted by Gasteiger charge is 2.09. The number of phenols is 1. The summed E-state index contributed by atoms with van der Waals surface area (Å²) < 4.78 is 11.9. The number of benzene rings is 2. The average Bonchev–Trinajstić information content (AvgIpc) is 3.12. The number of ether oxygens (including phenoxy) is 2. The molecule has 0 fully saturated rings. The summed E-state index contributed by atoms with van der Waals surface area (Å²) in [6.07, 6.45) is 1.15. The number of phenolic OH excluding ortho intramolecular Hbond substituents is 1. The maximum absolute atomic E-state index is 11.4. The third kappa shape index (κ3) is 4.07. The summed E-state index contributed by atoms with van der Waals surface area (Å²) in [6, 6.07) is 13.8. The Morgan fingerprint density at radius 3 is 2.85 bits per heavy atom. The van der Waals surface area contributed by atoms with Crippen LogP contribution in [0.2, 0.25) is 5.02 Å². The smallest absolute Gasteiger partial charge is 0.411 e. The number of nitrogens with zero attached hydrogens (tertiary/aromatic N) is 2. The molecule has 1 amide bonds. The number of anilines is 1. The Morgan fingerprint density at radius 2 is 2.08 bits per heavy atom. The molecule has 3 aromatic rings. The van der Waals surface area contributed by atoms with Crippen molar-refractivity contribution in [1.82, 2.24) is 9.78 Å². The van der Waals surface area contributed by atoms with E-state index in [2.05, 4.69) is 15.2 Å². The monoisotopic (exact) mass is 373 g/mol. The molecule has 3 rings (SSSR count). The van der Waals surface area contributed by atoms with Crippen molar-refractivity contribution in [3.05, 3.63) is 65.3 Å². The number of methoxy groups -OCH3 is 1. The molecule has 0 saturated heterocycles. The van der Waals surface area contributed by atoms with Gasteiger partial charge in [0.25, 0.3) is 0 Å². The van der Waals surface area contributed by atoms with E-state index in [1.165, 1.54) is 13.2 Å². The number of aromatic nitrogens is 2. The van der Waals surface area contributed by atoms with Crippen LogP contribution in [0.4, 0.5) is 10.5 Å². The van der Waals surface area contributed by atoms with Gasteiger partial charge in [0.1, 0.15) is 12.4 Å². The number of aromatic hydroxyl groups is 1. The predicted molar refractivity (Wildman–Crippen MR) is 97.0 cm³/mol. The van der Waals surface area contributed by atoms with E-state index in [0.717, 1.165) is 5.56 Å². The molecule has 0 bridgehead atoms. The van der Waals surface area contributed by atoms with Crippen LogP contribution in [0.15, 0.2) is 54.7 Å². The summed E-state index contributed by atoms with van der Waals surface area (Å²) in [7, 11) is 1.30. The van der Waals surface area contributed by atoms with Crippen molar-refractivity contribution >= 4 is 23.4 Å². The zero-order valence-corrected chi connectivity index (χ0v) is 14.6. The van der Waals surface area contributed by atoms with Crippen LogP contribution >= 0.6 is 11.6 Å². The minimum Gasteiger partial charge on any atom is -0.506 e. The van der Waals surface area contributed by atoms with Crippen molar-refractivity contribution in [2.24, 2.45) is 0 Å².